The molecule has 1 fully saturated rings. The van der Waals surface area contributed by atoms with Crippen LogP contribution < -0.4 is 10.2 Å². The average molecular weight is 443 g/mol. The predicted octanol–water partition coefficient (Wildman–Crippen LogP) is 4.03. The number of nitro groups is 1. The Hall–Kier alpha value is -2.85. The van der Waals surface area contributed by atoms with Crippen molar-refractivity contribution in [3.63, 3.8) is 0 Å². The van der Waals surface area contributed by atoms with E-state index < -0.39 is 16.7 Å². The van der Waals surface area contributed by atoms with Crippen molar-refractivity contribution in [1.82, 2.24) is 4.90 Å². The maximum atomic E-state index is 12.9. The minimum absolute atomic E-state index is 0.0620. The van der Waals surface area contributed by atoms with Crippen LogP contribution in [0, 0.1) is 10.1 Å². The van der Waals surface area contributed by atoms with E-state index in [-0.39, 0.29) is 28.8 Å². The molecule has 0 bridgehead atoms. The van der Waals surface area contributed by atoms with Crippen LogP contribution >= 0.6 is 11.6 Å². The van der Waals surface area contributed by atoms with Gasteiger partial charge in [-0.05, 0) is 24.3 Å². The van der Waals surface area contributed by atoms with E-state index in [1.165, 1.54) is 18.2 Å². The summed E-state index contributed by atoms with van der Waals surface area (Å²) in [6.45, 7) is 2.03. The Morgan fingerprint density at radius 2 is 1.83 bits per heavy atom. The number of rotatable bonds is 5. The first kappa shape index (κ1) is 21.8. The fourth-order valence-electron chi connectivity index (χ4n) is 3.15. The second-order valence-electron chi connectivity index (χ2n) is 6.78. The number of carbonyl (C=O) groups excluding carboxylic acids is 1. The van der Waals surface area contributed by atoms with E-state index in [4.69, 9.17) is 11.6 Å². The Morgan fingerprint density at radius 3 is 2.43 bits per heavy atom. The van der Waals surface area contributed by atoms with Gasteiger partial charge in [-0.25, -0.2) is 0 Å². The first-order chi connectivity index (χ1) is 14.1. The molecule has 1 saturated heterocycles. The molecular formula is C19H18ClF3N4O3. The Labute approximate surface area is 175 Å². The summed E-state index contributed by atoms with van der Waals surface area (Å²) in [5, 5.41) is 13.4. The minimum atomic E-state index is -4.39. The molecule has 0 aromatic heterocycles. The number of hydrogen-bond acceptors (Lipinski definition) is 5. The van der Waals surface area contributed by atoms with Crippen molar-refractivity contribution in [2.45, 2.75) is 6.18 Å². The van der Waals surface area contributed by atoms with Gasteiger partial charge in [0.05, 0.1) is 27.7 Å². The van der Waals surface area contributed by atoms with Crippen LogP contribution in [0.4, 0.5) is 30.2 Å². The van der Waals surface area contributed by atoms with Crippen molar-refractivity contribution in [2.75, 3.05) is 42.9 Å². The normalized spacial score (nSPS) is 15.1. The number of halogens is 4. The van der Waals surface area contributed by atoms with Gasteiger partial charge in [-0.2, -0.15) is 13.2 Å². The summed E-state index contributed by atoms with van der Waals surface area (Å²) in [7, 11) is 0. The smallest absolute Gasteiger partial charge is 0.369 e. The van der Waals surface area contributed by atoms with Gasteiger partial charge >= 0.3 is 6.18 Å². The second-order valence-corrected chi connectivity index (χ2v) is 7.19. The van der Waals surface area contributed by atoms with Crippen LogP contribution in [0.2, 0.25) is 5.02 Å². The van der Waals surface area contributed by atoms with Crippen LogP contribution in [0.25, 0.3) is 0 Å². The number of alkyl halides is 3. The van der Waals surface area contributed by atoms with Crippen LogP contribution in [-0.4, -0.2) is 48.5 Å². The molecule has 1 N–H and O–H groups in total. The van der Waals surface area contributed by atoms with Crippen molar-refractivity contribution < 1.29 is 22.9 Å². The number of hydrogen-bond donors (Lipinski definition) is 1. The van der Waals surface area contributed by atoms with Gasteiger partial charge < -0.3 is 10.2 Å². The monoisotopic (exact) mass is 442 g/mol. The third-order valence-electron chi connectivity index (χ3n) is 4.72. The molecule has 1 aliphatic rings. The molecule has 30 heavy (non-hydrogen) atoms. The van der Waals surface area contributed by atoms with Gasteiger partial charge in [0.25, 0.3) is 5.69 Å². The molecule has 0 saturated carbocycles. The molecule has 1 amide bonds. The van der Waals surface area contributed by atoms with Crippen LogP contribution in [0.5, 0.6) is 0 Å². The molecule has 0 spiro atoms. The van der Waals surface area contributed by atoms with E-state index in [0.717, 1.165) is 18.2 Å². The highest BCUT2D eigenvalue weighted by molar-refractivity contribution is 6.34. The lowest BCUT2D eigenvalue weighted by Crippen LogP contribution is -2.48. The van der Waals surface area contributed by atoms with Crippen molar-refractivity contribution in [3.8, 4) is 0 Å². The van der Waals surface area contributed by atoms with Gasteiger partial charge in [0.2, 0.25) is 5.91 Å². The SMILES string of the molecule is O=C(CN1CCN(c2cccc(C(F)(F)F)c2)CC1)Nc1ccc([N+](=O)[O-])cc1Cl. The van der Waals surface area contributed by atoms with E-state index in [1.54, 1.807) is 6.07 Å². The Kier molecular flexibility index (Phi) is 6.47. The lowest BCUT2D eigenvalue weighted by molar-refractivity contribution is -0.384. The summed E-state index contributed by atoms with van der Waals surface area (Å²) in [6, 6.07) is 8.94. The Balaban J connectivity index is 1.54. The second kappa shape index (κ2) is 8.88. The summed E-state index contributed by atoms with van der Waals surface area (Å²) in [5.74, 6) is -0.335. The van der Waals surface area contributed by atoms with Gasteiger partial charge in [-0.1, -0.05) is 17.7 Å². The van der Waals surface area contributed by atoms with E-state index >= 15 is 0 Å². The number of nitrogens with one attached hydrogen (secondary N) is 1. The number of nitro benzene ring substituents is 1. The number of anilines is 2. The molecule has 3 rings (SSSR count). The van der Waals surface area contributed by atoms with Crippen LogP contribution in [-0.2, 0) is 11.0 Å². The fourth-order valence-corrected chi connectivity index (χ4v) is 3.38. The molecule has 1 aliphatic heterocycles. The molecule has 7 nitrogen and oxygen atoms in total. The van der Waals surface area contributed by atoms with E-state index in [1.807, 2.05) is 9.80 Å². The summed E-state index contributed by atoms with van der Waals surface area (Å²) in [6.07, 6.45) is -4.39. The average Bonchev–Trinajstić information content (AvgIpc) is 2.69. The zero-order valence-electron chi connectivity index (χ0n) is 15.7. The van der Waals surface area contributed by atoms with Crippen LogP contribution in [0.1, 0.15) is 5.56 Å². The van der Waals surface area contributed by atoms with Crippen molar-refractivity contribution >= 4 is 34.6 Å². The zero-order chi connectivity index (χ0) is 21.9. The summed E-state index contributed by atoms with van der Waals surface area (Å²) < 4.78 is 38.7. The number of carbonyl (C=O) groups is 1. The van der Waals surface area contributed by atoms with Gasteiger partial charge in [0.15, 0.2) is 0 Å². The third kappa shape index (κ3) is 5.39. The molecule has 0 radical (unpaired) electrons. The third-order valence-corrected chi connectivity index (χ3v) is 5.03. The number of non-ortho nitro benzene ring substituents is 1. The molecule has 0 unspecified atom stereocenters. The highest BCUT2D eigenvalue weighted by Crippen LogP contribution is 2.32. The minimum Gasteiger partial charge on any atom is -0.369 e. The molecule has 160 valence electrons. The fraction of sp³-hybridized carbons (Fsp3) is 0.316. The quantitative estimate of drug-likeness (QED) is 0.558. The predicted molar refractivity (Wildman–Crippen MR) is 107 cm³/mol. The summed E-state index contributed by atoms with van der Waals surface area (Å²) >= 11 is 5.97. The largest absolute Gasteiger partial charge is 0.416 e. The molecule has 0 aliphatic carbocycles. The molecule has 0 atom stereocenters. The molecule has 11 heteroatoms. The highest BCUT2D eigenvalue weighted by atomic mass is 35.5. The van der Waals surface area contributed by atoms with E-state index in [0.29, 0.717) is 31.9 Å². The van der Waals surface area contributed by atoms with Crippen molar-refractivity contribution in [3.05, 3.63) is 63.2 Å². The summed E-state index contributed by atoms with van der Waals surface area (Å²) in [4.78, 5) is 26.1. The molecule has 2 aromatic carbocycles. The molecule has 1 heterocycles. The number of amides is 1. The van der Waals surface area contributed by atoms with Crippen LogP contribution in [0.15, 0.2) is 42.5 Å². The van der Waals surface area contributed by atoms with Crippen molar-refractivity contribution in [1.29, 1.82) is 0 Å². The van der Waals surface area contributed by atoms with Gasteiger partial charge in [-0.3, -0.25) is 19.8 Å². The van der Waals surface area contributed by atoms with Gasteiger partial charge in [0.1, 0.15) is 0 Å². The molecular weight excluding hydrogens is 425 g/mol. The standard InChI is InChI=1S/C19H18ClF3N4O3/c20-16-11-15(27(29)30)4-5-17(16)24-18(28)12-25-6-8-26(9-7-25)14-3-1-2-13(10-14)19(21,22)23/h1-5,10-11H,6-9,12H2,(H,24,28). The first-order valence-electron chi connectivity index (χ1n) is 9.02. The van der Waals surface area contributed by atoms with E-state index in [9.17, 15) is 28.1 Å². The van der Waals surface area contributed by atoms with E-state index in [2.05, 4.69) is 5.32 Å². The van der Waals surface area contributed by atoms with Gasteiger partial charge in [-0.15, -0.1) is 0 Å². The maximum Gasteiger partial charge on any atom is 0.416 e. The lowest BCUT2D eigenvalue weighted by atomic mass is 10.1. The lowest BCUT2D eigenvalue weighted by Gasteiger charge is -2.36. The number of piperazine rings is 1. The first-order valence-corrected chi connectivity index (χ1v) is 9.39. The highest BCUT2D eigenvalue weighted by Gasteiger charge is 2.31. The zero-order valence-corrected chi connectivity index (χ0v) is 16.4. The topological polar surface area (TPSA) is 78.7 Å². The number of benzene rings is 2. The maximum absolute atomic E-state index is 12.9. The number of nitrogens with zero attached hydrogens (tertiary/aromatic N) is 3. The Bertz CT molecular complexity index is 947. The van der Waals surface area contributed by atoms with Crippen molar-refractivity contribution in [2.24, 2.45) is 0 Å². The van der Waals surface area contributed by atoms with Gasteiger partial charge in [0, 0.05) is 44.0 Å². The Morgan fingerprint density at radius 1 is 1.13 bits per heavy atom. The summed E-state index contributed by atoms with van der Waals surface area (Å²) in [5.41, 5.74) is -0.105. The molecule has 2 aromatic rings. The van der Waals surface area contributed by atoms with Crippen LogP contribution in [0.3, 0.4) is 0 Å².